The van der Waals surface area contributed by atoms with Crippen molar-refractivity contribution in [2.45, 2.75) is 20.8 Å². The van der Waals surface area contributed by atoms with E-state index in [2.05, 4.69) is 38.1 Å². The molecular weight excluding hydrogens is 134 g/mol. The molecule has 0 unspecified atom stereocenters. The number of nitrogens with zero attached hydrogens (tertiary/aromatic N) is 1. The Hall–Kier alpha value is -0.850. The lowest BCUT2D eigenvalue weighted by molar-refractivity contribution is 0.691. The monoisotopic (exact) mass is 153 g/mol. The zero-order valence-corrected chi connectivity index (χ0v) is 8.09. The summed E-state index contributed by atoms with van der Waals surface area (Å²) in [4.78, 5) is 3.95. The molecule has 0 saturated heterocycles. The third-order valence-corrected chi connectivity index (χ3v) is 1.06. The van der Waals surface area contributed by atoms with Crippen LogP contribution in [0.2, 0.25) is 0 Å². The Labute approximate surface area is 70.5 Å². The SMILES string of the molecule is C/C=C\C(C)(C)C=NC.C=C. The minimum absolute atomic E-state index is 0.128. The first-order chi connectivity index (χ1) is 5.12. The van der Waals surface area contributed by atoms with Crippen molar-refractivity contribution in [3.05, 3.63) is 25.3 Å². The zero-order chi connectivity index (χ0) is 9.33. The first-order valence-electron chi connectivity index (χ1n) is 3.69. The highest BCUT2D eigenvalue weighted by atomic mass is 14.6. The van der Waals surface area contributed by atoms with Crippen molar-refractivity contribution < 1.29 is 0 Å². The van der Waals surface area contributed by atoms with Gasteiger partial charge in [0.15, 0.2) is 0 Å². The number of rotatable bonds is 2. The molecular formula is C10H19N. The summed E-state index contributed by atoms with van der Waals surface area (Å²) < 4.78 is 0. The highest BCUT2D eigenvalue weighted by molar-refractivity contribution is 5.67. The van der Waals surface area contributed by atoms with Crippen LogP contribution in [0.15, 0.2) is 30.3 Å². The number of hydrogen-bond acceptors (Lipinski definition) is 1. The molecule has 0 aromatic heterocycles. The lowest BCUT2D eigenvalue weighted by Crippen LogP contribution is -2.07. The van der Waals surface area contributed by atoms with Gasteiger partial charge in [-0.2, -0.15) is 0 Å². The van der Waals surface area contributed by atoms with Gasteiger partial charge in [-0.05, 0) is 6.92 Å². The molecule has 0 fully saturated rings. The van der Waals surface area contributed by atoms with Gasteiger partial charge in [-0.15, -0.1) is 13.2 Å². The van der Waals surface area contributed by atoms with Crippen molar-refractivity contribution in [2.75, 3.05) is 7.05 Å². The fourth-order valence-electron chi connectivity index (χ4n) is 0.805. The van der Waals surface area contributed by atoms with Gasteiger partial charge in [0.2, 0.25) is 0 Å². The van der Waals surface area contributed by atoms with Gasteiger partial charge in [0.05, 0.1) is 0 Å². The minimum Gasteiger partial charge on any atom is -0.300 e. The van der Waals surface area contributed by atoms with Crippen LogP contribution < -0.4 is 0 Å². The summed E-state index contributed by atoms with van der Waals surface area (Å²) in [6.07, 6.45) is 6.11. The lowest BCUT2D eigenvalue weighted by Gasteiger charge is -2.11. The quantitative estimate of drug-likeness (QED) is 0.427. The van der Waals surface area contributed by atoms with Crippen LogP contribution in [0.3, 0.4) is 0 Å². The number of aliphatic imine (C=N–C) groups is 1. The molecule has 0 aliphatic heterocycles. The lowest BCUT2D eigenvalue weighted by atomic mass is 9.95. The van der Waals surface area contributed by atoms with Gasteiger partial charge in [-0.1, -0.05) is 26.0 Å². The van der Waals surface area contributed by atoms with E-state index in [1.54, 1.807) is 7.05 Å². The van der Waals surface area contributed by atoms with Crippen LogP contribution in [0.25, 0.3) is 0 Å². The predicted octanol–water partition coefficient (Wildman–Crippen LogP) is 3.09. The second-order valence-electron chi connectivity index (χ2n) is 2.71. The molecule has 0 radical (unpaired) electrons. The van der Waals surface area contributed by atoms with Crippen LogP contribution in [0.1, 0.15) is 20.8 Å². The Morgan fingerprint density at radius 2 is 1.73 bits per heavy atom. The maximum absolute atomic E-state index is 3.95. The van der Waals surface area contributed by atoms with Crippen LogP contribution in [-0.4, -0.2) is 13.3 Å². The predicted molar refractivity (Wildman–Crippen MR) is 54.3 cm³/mol. The zero-order valence-electron chi connectivity index (χ0n) is 8.09. The Kier molecular flexibility index (Phi) is 8.44. The summed E-state index contributed by atoms with van der Waals surface area (Å²) in [6.45, 7) is 12.3. The maximum atomic E-state index is 3.95. The summed E-state index contributed by atoms with van der Waals surface area (Å²) in [7, 11) is 1.80. The molecule has 0 aromatic rings. The highest BCUT2D eigenvalue weighted by Gasteiger charge is 2.07. The summed E-state index contributed by atoms with van der Waals surface area (Å²) in [5, 5.41) is 0. The first-order valence-corrected chi connectivity index (χ1v) is 3.69. The van der Waals surface area contributed by atoms with Crippen LogP contribution in [0.4, 0.5) is 0 Å². The fourth-order valence-corrected chi connectivity index (χ4v) is 0.805. The van der Waals surface area contributed by atoms with Crippen molar-refractivity contribution in [3.63, 3.8) is 0 Å². The standard InChI is InChI=1S/C8H15N.C2H4/c1-5-6-8(2,3)7-9-4;1-2/h5-7H,1-4H3;1-2H2/b6-5-,9-7?;. The molecule has 0 bridgehead atoms. The fraction of sp³-hybridized carbons (Fsp3) is 0.500. The van der Waals surface area contributed by atoms with Gasteiger partial charge in [0.25, 0.3) is 0 Å². The third kappa shape index (κ3) is 9.15. The van der Waals surface area contributed by atoms with Crippen molar-refractivity contribution in [1.82, 2.24) is 0 Å². The number of allylic oxidation sites excluding steroid dienone is 2. The van der Waals surface area contributed by atoms with Gasteiger partial charge in [0, 0.05) is 18.7 Å². The van der Waals surface area contributed by atoms with E-state index < -0.39 is 0 Å². The second-order valence-corrected chi connectivity index (χ2v) is 2.71. The topological polar surface area (TPSA) is 12.4 Å². The van der Waals surface area contributed by atoms with Crippen molar-refractivity contribution >= 4 is 6.21 Å². The van der Waals surface area contributed by atoms with Crippen LogP contribution in [0, 0.1) is 5.41 Å². The van der Waals surface area contributed by atoms with E-state index >= 15 is 0 Å². The van der Waals surface area contributed by atoms with E-state index in [0.717, 1.165) is 0 Å². The van der Waals surface area contributed by atoms with Crippen LogP contribution >= 0.6 is 0 Å². The number of hydrogen-bond donors (Lipinski definition) is 0. The maximum Gasteiger partial charge on any atom is 0.0273 e. The molecule has 0 N–H and O–H groups in total. The van der Waals surface area contributed by atoms with Crippen LogP contribution in [0.5, 0.6) is 0 Å². The van der Waals surface area contributed by atoms with Gasteiger partial charge in [-0.3, -0.25) is 4.99 Å². The summed E-state index contributed by atoms with van der Waals surface area (Å²) >= 11 is 0. The smallest absolute Gasteiger partial charge is 0.0273 e. The Morgan fingerprint density at radius 3 is 2.00 bits per heavy atom. The van der Waals surface area contributed by atoms with Gasteiger partial charge >= 0.3 is 0 Å². The van der Waals surface area contributed by atoms with Crippen LogP contribution in [-0.2, 0) is 0 Å². The molecule has 64 valence electrons. The molecule has 0 heterocycles. The molecule has 0 aliphatic carbocycles. The molecule has 1 heteroatoms. The Bertz CT molecular complexity index is 118. The van der Waals surface area contributed by atoms with E-state index in [9.17, 15) is 0 Å². The average Bonchev–Trinajstić information content (AvgIpc) is 1.91. The molecule has 0 atom stereocenters. The van der Waals surface area contributed by atoms with E-state index in [0.29, 0.717) is 0 Å². The van der Waals surface area contributed by atoms with Crippen molar-refractivity contribution in [2.24, 2.45) is 10.4 Å². The normalized spacial score (nSPS) is 11.6. The average molecular weight is 153 g/mol. The Balaban J connectivity index is 0. The summed E-state index contributed by atoms with van der Waals surface area (Å²) in [5.74, 6) is 0. The van der Waals surface area contributed by atoms with Gasteiger partial charge < -0.3 is 0 Å². The largest absolute Gasteiger partial charge is 0.300 e. The molecule has 0 aromatic carbocycles. The van der Waals surface area contributed by atoms with E-state index in [1.807, 2.05) is 19.2 Å². The molecule has 1 nitrogen and oxygen atoms in total. The van der Waals surface area contributed by atoms with E-state index in [1.165, 1.54) is 0 Å². The van der Waals surface area contributed by atoms with Crippen molar-refractivity contribution in [3.8, 4) is 0 Å². The molecule has 11 heavy (non-hydrogen) atoms. The van der Waals surface area contributed by atoms with E-state index in [-0.39, 0.29) is 5.41 Å². The molecule has 0 amide bonds. The molecule has 0 rings (SSSR count). The summed E-state index contributed by atoms with van der Waals surface area (Å²) in [6, 6.07) is 0. The van der Waals surface area contributed by atoms with Gasteiger partial charge in [-0.25, -0.2) is 0 Å². The minimum atomic E-state index is 0.128. The highest BCUT2D eigenvalue weighted by Crippen LogP contribution is 2.12. The first kappa shape index (κ1) is 12.8. The Morgan fingerprint density at radius 1 is 1.27 bits per heavy atom. The molecule has 0 aliphatic rings. The molecule has 0 saturated carbocycles. The second kappa shape index (κ2) is 7.26. The van der Waals surface area contributed by atoms with E-state index in [4.69, 9.17) is 0 Å². The van der Waals surface area contributed by atoms with Crippen molar-refractivity contribution in [1.29, 1.82) is 0 Å². The summed E-state index contributed by atoms with van der Waals surface area (Å²) in [5.41, 5.74) is 0.128. The van der Waals surface area contributed by atoms with Gasteiger partial charge in [0.1, 0.15) is 0 Å². The molecule has 0 spiro atoms. The third-order valence-electron chi connectivity index (χ3n) is 1.06.